The molecule has 0 aromatic heterocycles. The topological polar surface area (TPSA) is 168 Å². The van der Waals surface area contributed by atoms with Gasteiger partial charge < -0.3 is 31.8 Å². The summed E-state index contributed by atoms with van der Waals surface area (Å²) in [5.41, 5.74) is 14.4. The number of nitrogens with two attached hydrogens (primary N) is 3. The lowest BCUT2D eigenvalue weighted by Crippen LogP contribution is -2.34. The molecule has 136 valence electrons. The molecule has 0 aliphatic heterocycles. The zero-order valence-electron chi connectivity index (χ0n) is 14.2. The standard InChI is InChI=1S/C9H18N2O4.C5H11NO2/c1-3-4-9(2,5-14-7(10)12)6-15-8(11)13;1-3(2)4(6)5(7)8/h3-6H2,1-2H3,(H2,10,12)(H2,11,13);3-4H,6H2,1-2H3,(H,7,8)/t;4-/m.0/s1. The number of ether oxygens (including phenoxy) is 2. The van der Waals surface area contributed by atoms with Crippen molar-refractivity contribution in [3.63, 3.8) is 0 Å². The van der Waals surface area contributed by atoms with E-state index in [1.54, 1.807) is 13.8 Å². The summed E-state index contributed by atoms with van der Waals surface area (Å²) >= 11 is 0. The van der Waals surface area contributed by atoms with Gasteiger partial charge in [0.2, 0.25) is 0 Å². The molecule has 23 heavy (non-hydrogen) atoms. The molecule has 0 aromatic carbocycles. The first-order chi connectivity index (χ1) is 10.4. The molecule has 0 unspecified atom stereocenters. The number of amides is 2. The van der Waals surface area contributed by atoms with Crippen LogP contribution in [0, 0.1) is 11.3 Å². The van der Waals surface area contributed by atoms with Gasteiger partial charge in [0.1, 0.15) is 19.3 Å². The van der Waals surface area contributed by atoms with Crippen molar-refractivity contribution < 1.29 is 29.0 Å². The molecule has 1 atom stereocenters. The van der Waals surface area contributed by atoms with Gasteiger partial charge in [-0.25, -0.2) is 9.59 Å². The molecule has 0 saturated heterocycles. The molecule has 0 rings (SSSR count). The molecule has 0 aromatic rings. The molecule has 0 aliphatic carbocycles. The molecule has 7 N–H and O–H groups in total. The second-order valence-corrected chi connectivity index (χ2v) is 5.88. The Balaban J connectivity index is 0. The second-order valence-electron chi connectivity index (χ2n) is 5.88. The number of carboxylic acid groups (broad SMARTS) is 1. The van der Waals surface area contributed by atoms with Crippen molar-refractivity contribution in [3.8, 4) is 0 Å². The SMILES string of the molecule is CC(C)[C@H](N)C(=O)O.CCCC(C)(COC(N)=O)COC(N)=O. The van der Waals surface area contributed by atoms with Crippen molar-refractivity contribution in [2.24, 2.45) is 28.5 Å². The number of primary amides is 2. The maximum atomic E-state index is 10.5. The Kier molecular flexibility index (Phi) is 11.6. The third-order valence-electron chi connectivity index (χ3n) is 2.98. The summed E-state index contributed by atoms with van der Waals surface area (Å²) in [4.78, 5) is 30.9. The lowest BCUT2D eigenvalue weighted by molar-refractivity contribution is -0.139. The number of rotatable bonds is 8. The Hall–Kier alpha value is -2.03. The van der Waals surface area contributed by atoms with Gasteiger partial charge >= 0.3 is 18.2 Å². The molecule has 2 amide bonds. The Morgan fingerprint density at radius 1 is 1.09 bits per heavy atom. The predicted octanol–water partition coefficient (Wildman–Crippen LogP) is 1.04. The minimum atomic E-state index is -0.931. The van der Waals surface area contributed by atoms with Crippen LogP contribution in [0.15, 0.2) is 0 Å². The molecule has 9 nitrogen and oxygen atoms in total. The average Bonchev–Trinajstić information content (AvgIpc) is 2.43. The van der Waals surface area contributed by atoms with Gasteiger partial charge in [-0.3, -0.25) is 4.79 Å². The molecule has 9 heteroatoms. The van der Waals surface area contributed by atoms with Crippen LogP contribution < -0.4 is 17.2 Å². The third-order valence-corrected chi connectivity index (χ3v) is 2.98. The summed E-state index contributed by atoms with van der Waals surface area (Å²) in [6, 6.07) is -0.713. The number of carbonyl (C=O) groups excluding carboxylic acids is 2. The van der Waals surface area contributed by atoms with Crippen molar-refractivity contribution >= 4 is 18.2 Å². The fraction of sp³-hybridized carbons (Fsp3) is 0.786. The quantitative estimate of drug-likeness (QED) is 0.513. The van der Waals surface area contributed by atoms with E-state index in [1.807, 2.05) is 13.8 Å². The van der Waals surface area contributed by atoms with E-state index in [-0.39, 0.29) is 19.1 Å². The van der Waals surface area contributed by atoms with Gasteiger partial charge in [-0.2, -0.15) is 0 Å². The van der Waals surface area contributed by atoms with E-state index in [4.69, 9.17) is 31.8 Å². The molecule has 0 heterocycles. The molecular formula is C14H29N3O6. The van der Waals surface area contributed by atoms with Crippen molar-refractivity contribution in [1.82, 2.24) is 0 Å². The van der Waals surface area contributed by atoms with E-state index in [0.29, 0.717) is 0 Å². The summed E-state index contributed by atoms with van der Waals surface area (Å²) in [6.45, 7) is 7.60. The second kappa shape index (κ2) is 11.5. The third kappa shape index (κ3) is 13.4. The molecule has 0 bridgehead atoms. The normalized spacial score (nSPS) is 11.9. The fourth-order valence-electron chi connectivity index (χ4n) is 1.57. The lowest BCUT2D eigenvalue weighted by atomic mass is 9.87. The molecule has 0 fully saturated rings. The minimum absolute atomic E-state index is 0.0208. The van der Waals surface area contributed by atoms with Crippen LogP contribution in [-0.4, -0.2) is 42.5 Å². The number of hydrogen-bond acceptors (Lipinski definition) is 6. The number of carboxylic acids is 1. The highest BCUT2D eigenvalue weighted by atomic mass is 16.6. The predicted molar refractivity (Wildman–Crippen MR) is 84.5 cm³/mol. The smallest absolute Gasteiger partial charge is 0.404 e. The maximum Gasteiger partial charge on any atom is 0.404 e. The molecular weight excluding hydrogens is 306 g/mol. The Morgan fingerprint density at radius 3 is 1.65 bits per heavy atom. The van der Waals surface area contributed by atoms with E-state index in [9.17, 15) is 14.4 Å². The first-order valence-corrected chi connectivity index (χ1v) is 7.28. The van der Waals surface area contributed by atoms with Crippen LogP contribution in [0.5, 0.6) is 0 Å². The van der Waals surface area contributed by atoms with E-state index in [0.717, 1.165) is 12.8 Å². The van der Waals surface area contributed by atoms with Crippen molar-refractivity contribution in [3.05, 3.63) is 0 Å². The van der Waals surface area contributed by atoms with E-state index >= 15 is 0 Å². The zero-order chi connectivity index (χ0) is 18.6. The molecule has 0 spiro atoms. The first-order valence-electron chi connectivity index (χ1n) is 7.28. The summed E-state index contributed by atoms with van der Waals surface area (Å²) in [5, 5.41) is 8.23. The van der Waals surface area contributed by atoms with Crippen LogP contribution in [0.1, 0.15) is 40.5 Å². The summed E-state index contributed by atoms with van der Waals surface area (Å²) in [7, 11) is 0. The minimum Gasteiger partial charge on any atom is -0.480 e. The van der Waals surface area contributed by atoms with Crippen molar-refractivity contribution in [2.45, 2.75) is 46.6 Å². The lowest BCUT2D eigenvalue weighted by Gasteiger charge is -2.27. The van der Waals surface area contributed by atoms with Crippen LogP contribution in [0.2, 0.25) is 0 Å². The van der Waals surface area contributed by atoms with Gasteiger partial charge in [0.05, 0.1) is 0 Å². The zero-order valence-corrected chi connectivity index (χ0v) is 14.2. The van der Waals surface area contributed by atoms with Crippen LogP contribution in [0.4, 0.5) is 9.59 Å². The highest BCUT2D eigenvalue weighted by molar-refractivity contribution is 5.73. The molecule has 0 saturated carbocycles. The molecule has 0 aliphatic rings. The maximum absolute atomic E-state index is 10.5. The van der Waals surface area contributed by atoms with Gasteiger partial charge in [-0.1, -0.05) is 34.1 Å². The summed E-state index contributed by atoms with van der Waals surface area (Å²) < 4.78 is 9.40. The van der Waals surface area contributed by atoms with Gasteiger partial charge in [0.15, 0.2) is 0 Å². The Morgan fingerprint density at radius 2 is 1.48 bits per heavy atom. The first kappa shape index (κ1) is 23.2. The number of hydrogen-bond donors (Lipinski definition) is 4. The van der Waals surface area contributed by atoms with Crippen molar-refractivity contribution in [1.29, 1.82) is 0 Å². The van der Waals surface area contributed by atoms with Gasteiger partial charge in [-0.15, -0.1) is 0 Å². The fourth-order valence-corrected chi connectivity index (χ4v) is 1.57. The monoisotopic (exact) mass is 335 g/mol. The average molecular weight is 335 g/mol. The van der Waals surface area contributed by atoms with Crippen LogP contribution >= 0.6 is 0 Å². The highest BCUT2D eigenvalue weighted by Gasteiger charge is 2.26. The van der Waals surface area contributed by atoms with Gasteiger partial charge in [-0.05, 0) is 12.3 Å². The van der Waals surface area contributed by atoms with Crippen molar-refractivity contribution in [2.75, 3.05) is 13.2 Å². The van der Waals surface area contributed by atoms with Crippen LogP contribution in [0.3, 0.4) is 0 Å². The molecule has 0 radical (unpaired) electrons. The van der Waals surface area contributed by atoms with Gasteiger partial charge in [0.25, 0.3) is 0 Å². The van der Waals surface area contributed by atoms with Gasteiger partial charge in [0, 0.05) is 5.41 Å². The van der Waals surface area contributed by atoms with E-state index in [1.165, 1.54) is 0 Å². The summed E-state index contributed by atoms with van der Waals surface area (Å²) in [5.74, 6) is -0.910. The number of carbonyl (C=O) groups is 3. The van der Waals surface area contributed by atoms with Crippen LogP contribution in [-0.2, 0) is 14.3 Å². The number of aliphatic carboxylic acids is 1. The highest BCUT2D eigenvalue weighted by Crippen LogP contribution is 2.24. The Labute approximate surface area is 136 Å². The Bertz CT molecular complexity index is 369. The van der Waals surface area contributed by atoms with E-state index < -0.39 is 29.6 Å². The van der Waals surface area contributed by atoms with Crippen LogP contribution in [0.25, 0.3) is 0 Å². The van der Waals surface area contributed by atoms with E-state index in [2.05, 4.69) is 0 Å². The summed E-state index contributed by atoms with van der Waals surface area (Å²) in [6.07, 6.45) is -0.0540. The largest absolute Gasteiger partial charge is 0.480 e.